The molecule has 0 unspecified atom stereocenters. The van der Waals surface area contributed by atoms with E-state index in [9.17, 15) is 4.79 Å². The summed E-state index contributed by atoms with van der Waals surface area (Å²) in [5, 5.41) is 9.98. The monoisotopic (exact) mass is 299 g/mol. The van der Waals surface area contributed by atoms with Gasteiger partial charge in [-0.1, -0.05) is 35.5 Å². The van der Waals surface area contributed by atoms with Gasteiger partial charge in [-0.25, -0.2) is 0 Å². The lowest BCUT2D eigenvalue weighted by Crippen LogP contribution is -2.42. The molecule has 1 saturated heterocycles. The summed E-state index contributed by atoms with van der Waals surface area (Å²) in [7, 11) is 0. The van der Waals surface area contributed by atoms with E-state index in [4.69, 9.17) is 4.52 Å². The largest absolute Gasteiger partial charge is 0.338 e. The van der Waals surface area contributed by atoms with Gasteiger partial charge in [0.2, 0.25) is 11.8 Å². The summed E-state index contributed by atoms with van der Waals surface area (Å²) in [6.45, 7) is 3.70. The van der Waals surface area contributed by atoms with E-state index >= 15 is 0 Å². The molecule has 1 amide bonds. The van der Waals surface area contributed by atoms with Crippen LogP contribution in [0.4, 0.5) is 5.88 Å². The Kier molecular flexibility index (Phi) is 4.24. The molecule has 0 atom stereocenters. The molecule has 1 fully saturated rings. The van der Waals surface area contributed by atoms with Crippen molar-refractivity contribution in [3.8, 4) is 0 Å². The predicted molar refractivity (Wildman–Crippen MR) is 84.7 cm³/mol. The Labute approximate surface area is 130 Å². The lowest BCUT2D eigenvalue weighted by atomic mass is 9.70. The lowest BCUT2D eigenvalue weighted by molar-refractivity contribution is -0.117. The number of benzene rings is 1. The summed E-state index contributed by atoms with van der Waals surface area (Å²) in [6.07, 6.45) is 2.37. The van der Waals surface area contributed by atoms with Crippen LogP contribution in [-0.4, -0.2) is 24.2 Å². The number of nitrogens with one attached hydrogen (secondary N) is 2. The van der Waals surface area contributed by atoms with Crippen molar-refractivity contribution in [2.45, 2.75) is 31.6 Å². The molecule has 116 valence electrons. The fourth-order valence-corrected chi connectivity index (χ4v) is 3.18. The first-order valence-corrected chi connectivity index (χ1v) is 7.67. The quantitative estimate of drug-likeness (QED) is 0.910. The number of hydrogen-bond acceptors (Lipinski definition) is 4. The van der Waals surface area contributed by atoms with E-state index in [1.54, 1.807) is 6.07 Å². The fourth-order valence-electron chi connectivity index (χ4n) is 3.18. The highest BCUT2D eigenvalue weighted by Crippen LogP contribution is 2.37. The van der Waals surface area contributed by atoms with Crippen LogP contribution >= 0.6 is 0 Å². The molecule has 2 N–H and O–H groups in total. The highest BCUT2D eigenvalue weighted by atomic mass is 16.5. The van der Waals surface area contributed by atoms with E-state index in [-0.39, 0.29) is 11.3 Å². The first kappa shape index (κ1) is 14.8. The van der Waals surface area contributed by atoms with Gasteiger partial charge in [-0.05, 0) is 38.4 Å². The van der Waals surface area contributed by atoms with Crippen LogP contribution in [-0.2, 0) is 10.2 Å². The SMILES string of the molecule is Cc1cc(NC(=O)CC2(c3ccccc3)CCNCC2)on1. The minimum atomic E-state index is -0.105. The number of hydrogen-bond donors (Lipinski definition) is 2. The molecule has 0 spiro atoms. The summed E-state index contributed by atoms with van der Waals surface area (Å²) < 4.78 is 5.07. The zero-order valence-electron chi connectivity index (χ0n) is 12.8. The molecule has 0 radical (unpaired) electrons. The van der Waals surface area contributed by atoms with Gasteiger partial charge in [0, 0.05) is 17.9 Å². The number of carbonyl (C=O) groups is 1. The van der Waals surface area contributed by atoms with E-state index in [1.165, 1.54) is 5.56 Å². The molecule has 0 saturated carbocycles. The number of carbonyl (C=O) groups excluding carboxylic acids is 1. The van der Waals surface area contributed by atoms with Crippen molar-refractivity contribution in [3.05, 3.63) is 47.7 Å². The van der Waals surface area contributed by atoms with Crippen molar-refractivity contribution in [1.82, 2.24) is 10.5 Å². The van der Waals surface area contributed by atoms with Crippen molar-refractivity contribution in [2.75, 3.05) is 18.4 Å². The number of rotatable bonds is 4. The highest BCUT2D eigenvalue weighted by molar-refractivity contribution is 5.90. The Morgan fingerprint density at radius 1 is 1.32 bits per heavy atom. The molecule has 1 aliphatic heterocycles. The maximum Gasteiger partial charge on any atom is 0.231 e. The minimum Gasteiger partial charge on any atom is -0.338 e. The second-order valence-corrected chi connectivity index (χ2v) is 5.95. The zero-order valence-corrected chi connectivity index (χ0v) is 12.8. The van der Waals surface area contributed by atoms with Crippen LogP contribution in [0.3, 0.4) is 0 Å². The number of amides is 1. The van der Waals surface area contributed by atoms with Gasteiger partial charge in [-0.3, -0.25) is 10.1 Å². The van der Waals surface area contributed by atoms with Gasteiger partial charge in [0.15, 0.2) is 0 Å². The highest BCUT2D eigenvalue weighted by Gasteiger charge is 2.36. The van der Waals surface area contributed by atoms with Gasteiger partial charge in [0.05, 0.1) is 5.69 Å². The first-order chi connectivity index (χ1) is 10.7. The summed E-state index contributed by atoms with van der Waals surface area (Å²) in [6, 6.07) is 12.1. The van der Waals surface area contributed by atoms with Crippen LogP contribution in [0.25, 0.3) is 0 Å². The molecule has 5 heteroatoms. The second kappa shape index (κ2) is 6.32. The molecule has 0 aliphatic carbocycles. The van der Waals surface area contributed by atoms with E-state index in [2.05, 4.69) is 27.9 Å². The Bertz CT molecular complexity index is 630. The molecule has 1 aromatic heterocycles. The Morgan fingerprint density at radius 3 is 2.68 bits per heavy atom. The van der Waals surface area contributed by atoms with Gasteiger partial charge in [-0.2, -0.15) is 0 Å². The van der Waals surface area contributed by atoms with Crippen LogP contribution in [0.5, 0.6) is 0 Å². The van der Waals surface area contributed by atoms with E-state index in [1.807, 2.05) is 25.1 Å². The molecule has 5 nitrogen and oxygen atoms in total. The molecule has 3 rings (SSSR count). The van der Waals surface area contributed by atoms with Crippen LogP contribution in [0.1, 0.15) is 30.5 Å². The van der Waals surface area contributed by atoms with Crippen LogP contribution in [0.2, 0.25) is 0 Å². The van der Waals surface area contributed by atoms with E-state index < -0.39 is 0 Å². The lowest BCUT2D eigenvalue weighted by Gasteiger charge is -2.37. The minimum absolute atomic E-state index is 0.0260. The Hall–Kier alpha value is -2.14. The third-order valence-electron chi connectivity index (χ3n) is 4.34. The van der Waals surface area contributed by atoms with Gasteiger partial charge in [-0.15, -0.1) is 0 Å². The van der Waals surface area contributed by atoms with Gasteiger partial charge < -0.3 is 9.84 Å². The summed E-state index contributed by atoms with van der Waals surface area (Å²) in [5.74, 6) is 0.390. The number of piperidine rings is 1. The zero-order chi connectivity index (χ0) is 15.4. The average Bonchev–Trinajstić information content (AvgIpc) is 2.94. The molecule has 22 heavy (non-hydrogen) atoms. The topological polar surface area (TPSA) is 67.2 Å². The van der Waals surface area contributed by atoms with Crippen molar-refractivity contribution in [1.29, 1.82) is 0 Å². The number of aromatic nitrogens is 1. The fraction of sp³-hybridized carbons (Fsp3) is 0.412. The molecule has 2 heterocycles. The van der Waals surface area contributed by atoms with Gasteiger partial charge >= 0.3 is 0 Å². The van der Waals surface area contributed by atoms with Crippen LogP contribution in [0.15, 0.2) is 40.9 Å². The number of nitrogens with zero attached hydrogens (tertiary/aromatic N) is 1. The second-order valence-electron chi connectivity index (χ2n) is 5.95. The smallest absolute Gasteiger partial charge is 0.231 e. The average molecular weight is 299 g/mol. The van der Waals surface area contributed by atoms with E-state index in [0.29, 0.717) is 12.3 Å². The summed E-state index contributed by atoms with van der Waals surface area (Å²) >= 11 is 0. The Balaban J connectivity index is 1.77. The van der Waals surface area contributed by atoms with E-state index in [0.717, 1.165) is 31.6 Å². The van der Waals surface area contributed by atoms with Crippen LogP contribution < -0.4 is 10.6 Å². The molecule has 2 aromatic rings. The Morgan fingerprint density at radius 2 is 2.05 bits per heavy atom. The van der Waals surface area contributed by atoms with Crippen molar-refractivity contribution in [2.24, 2.45) is 0 Å². The number of anilines is 1. The third kappa shape index (κ3) is 3.20. The molecule has 0 bridgehead atoms. The first-order valence-electron chi connectivity index (χ1n) is 7.67. The normalized spacial score (nSPS) is 17.1. The standard InChI is InChI=1S/C17H21N3O2/c1-13-11-16(22-20-13)19-15(21)12-17(7-9-18-10-8-17)14-5-3-2-4-6-14/h2-6,11,18H,7-10,12H2,1H3,(H,19,21). The summed E-state index contributed by atoms with van der Waals surface area (Å²) in [4.78, 5) is 12.4. The maximum atomic E-state index is 12.4. The van der Waals surface area contributed by atoms with Crippen molar-refractivity contribution >= 4 is 11.8 Å². The molecule has 1 aromatic carbocycles. The predicted octanol–water partition coefficient (Wildman–Crippen LogP) is 2.63. The molecule has 1 aliphatic rings. The van der Waals surface area contributed by atoms with Crippen molar-refractivity contribution in [3.63, 3.8) is 0 Å². The molecular formula is C17H21N3O2. The van der Waals surface area contributed by atoms with Crippen LogP contribution in [0, 0.1) is 6.92 Å². The molecular weight excluding hydrogens is 278 g/mol. The van der Waals surface area contributed by atoms with Crippen molar-refractivity contribution < 1.29 is 9.32 Å². The third-order valence-corrected chi connectivity index (χ3v) is 4.34. The van der Waals surface area contributed by atoms with Gasteiger partial charge in [0.25, 0.3) is 0 Å². The maximum absolute atomic E-state index is 12.4. The number of aryl methyl sites for hydroxylation is 1. The summed E-state index contributed by atoms with van der Waals surface area (Å²) in [5.41, 5.74) is 1.89. The van der Waals surface area contributed by atoms with Gasteiger partial charge in [0.1, 0.15) is 0 Å².